The quantitative estimate of drug-likeness (QED) is 0.597. The average molecular weight is 437 g/mol. The third-order valence-electron chi connectivity index (χ3n) is 5.71. The zero-order valence-electron chi connectivity index (χ0n) is 17.5. The van der Waals surface area contributed by atoms with Gasteiger partial charge in [-0.25, -0.2) is 13.6 Å². The van der Waals surface area contributed by atoms with Gasteiger partial charge in [0.2, 0.25) is 5.91 Å². The standard InChI is InChI=1S/C24H21F2N3O3/c1-14(19-10-9-18(25)12-20(19)26)27-21(30)13-29-22(31)24(2,28-23(29)32)17-8-7-15-5-3-4-6-16(15)11-17/h3-12,14H,13H2,1-2H3,(H,27,30)(H,28,32). The van der Waals surface area contributed by atoms with Gasteiger partial charge in [-0.2, -0.15) is 0 Å². The van der Waals surface area contributed by atoms with Crippen LogP contribution in [0.3, 0.4) is 0 Å². The lowest BCUT2D eigenvalue weighted by Crippen LogP contribution is -2.43. The van der Waals surface area contributed by atoms with Gasteiger partial charge >= 0.3 is 6.03 Å². The maximum atomic E-state index is 14.0. The molecule has 2 unspecified atom stereocenters. The third kappa shape index (κ3) is 3.79. The minimum atomic E-state index is -1.32. The predicted molar refractivity (Wildman–Crippen MR) is 114 cm³/mol. The fourth-order valence-electron chi connectivity index (χ4n) is 3.90. The molecule has 164 valence electrons. The van der Waals surface area contributed by atoms with Crippen molar-refractivity contribution >= 4 is 28.6 Å². The third-order valence-corrected chi connectivity index (χ3v) is 5.71. The van der Waals surface area contributed by atoms with Crippen LogP contribution >= 0.6 is 0 Å². The highest BCUT2D eigenvalue weighted by molar-refractivity contribution is 6.09. The van der Waals surface area contributed by atoms with E-state index in [4.69, 9.17) is 0 Å². The molecule has 0 radical (unpaired) electrons. The Labute approximate surface area is 183 Å². The van der Waals surface area contributed by atoms with Gasteiger partial charge < -0.3 is 10.6 Å². The molecule has 0 saturated carbocycles. The number of rotatable bonds is 5. The highest BCUT2D eigenvalue weighted by atomic mass is 19.1. The number of nitrogens with zero attached hydrogens (tertiary/aromatic N) is 1. The number of hydrogen-bond donors (Lipinski definition) is 2. The van der Waals surface area contributed by atoms with Crippen molar-refractivity contribution in [2.45, 2.75) is 25.4 Å². The molecule has 2 atom stereocenters. The lowest BCUT2D eigenvalue weighted by atomic mass is 9.90. The Morgan fingerprint density at radius 2 is 1.78 bits per heavy atom. The molecule has 1 aliphatic heterocycles. The molecule has 0 aromatic heterocycles. The van der Waals surface area contributed by atoms with E-state index < -0.39 is 47.6 Å². The monoisotopic (exact) mass is 437 g/mol. The Morgan fingerprint density at radius 3 is 2.50 bits per heavy atom. The van der Waals surface area contributed by atoms with Gasteiger partial charge in [-0.15, -0.1) is 0 Å². The summed E-state index contributed by atoms with van der Waals surface area (Å²) in [6.45, 7) is 2.59. The van der Waals surface area contributed by atoms with Crippen molar-refractivity contribution in [2.75, 3.05) is 6.54 Å². The van der Waals surface area contributed by atoms with Crippen molar-refractivity contribution in [3.8, 4) is 0 Å². The summed E-state index contributed by atoms with van der Waals surface area (Å²) in [5.41, 5.74) is -0.632. The van der Waals surface area contributed by atoms with E-state index in [1.54, 1.807) is 13.0 Å². The zero-order chi connectivity index (χ0) is 23.0. The van der Waals surface area contributed by atoms with Crippen LogP contribution in [0.2, 0.25) is 0 Å². The molecule has 1 aliphatic rings. The Morgan fingerprint density at radius 1 is 1.06 bits per heavy atom. The van der Waals surface area contributed by atoms with Crippen molar-refractivity contribution in [3.05, 3.63) is 83.4 Å². The fourth-order valence-corrected chi connectivity index (χ4v) is 3.90. The lowest BCUT2D eigenvalue weighted by Gasteiger charge is -2.23. The molecule has 6 nitrogen and oxygen atoms in total. The first-order valence-corrected chi connectivity index (χ1v) is 10.1. The van der Waals surface area contributed by atoms with Gasteiger partial charge in [0.15, 0.2) is 0 Å². The maximum Gasteiger partial charge on any atom is 0.325 e. The molecule has 32 heavy (non-hydrogen) atoms. The van der Waals surface area contributed by atoms with Crippen molar-refractivity contribution < 1.29 is 23.2 Å². The Kier molecular flexibility index (Phi) is 5.38. The number of carbonyl (C=O) groups excluding carboxylic acids is 3. The van der Waals surface area contributed by atoms with Crippen molar-refractivity contribution in [1.82, 2.24) is 15.5 Å². The van der Waals surface area contributed by atoms with Crippen molar-refractivity contribution in [1.29, 1.82) is 0 Å². The first-order chi connectivity index (χ1) is 15.2. The van der Waals surface area contributed by atoms with E-state index in [1.807, 2.05) is 36.4 Å². The van der Waals surface area contributed by atoms with Gasteiger partial charge in [-0.1, -0.05) is 42.5 Å². The minimum Gasteiger partial charge on any atom is -0.348 e. The summed E-state index contributed by atoms with van der Waals surface area (Å²) in [4.78, 5) is 39.0. The second-order valence-electron chi connectivity index (χ2n) is 7.96. The number of amides is 4. The smallest absolute Gasteiger partial charge is 0.325 e. The molecule has 4 rings (SSSR count). The van der Waals surface area contributed by atoms with Crippen LogP contribution in [0.5, 0.6) is 0 Å². The largest absolute Gasteiger partial charge is 0.348 e. The van der Waals surface area contributed by atoms with Gasteiger partial charge in [0.1, 0.15) is 23.7 Å². The minimum absolute atomic E-state index is 0.0953. The summed E-state index contributed by atoms with van der Waals surface area (Å²) in [6, 6.07) is 14.7. The van der Waals surface area contributed by atoms with Gasteiger partial charge in [0, 0.05) is 11.6 Å². The molecule has 2 N–H and O–H groups in total. The summed E-state index contributed by atoms with van der Waals surface area (Å²) in [5, 5.41) is 7.12. The summed E-state index contributed by atoms with van der Waals surface area (Å²) in [7, 11) is 0. The molecular weight excluding hydrogens is 416 g/mol. The number of benzene rings is 3. The Hall–Kier alpha value is -3.81. The number of hydrogen-bond acceptors (Lipinski definition) is 3. The van der Waals surface area contributed by atoms with Gasteiger partial charge in [0.25, 0.3) is 5.91 Å². The topological polar surface area (TPSA) is 78.5 Å². The second kappa shape index (κ2) is 8.03. The van der Waals surface area contributed by atoms with E-state index in [-0.39, 0.29) is 5.56 Å². The normalized spacial score (nSPS) is 19.2. The predicted octanol–water partition coefficient (Wildman–Crippen LogP) is 3.76. The van der Waals surface area contributed by atoms with Crippen LogP contribution in [0.4, 0.5) is 13.6 Å². The molecule has 3 aromatic rings. The van der Waals surface area contributed by atoms with E-state index in [2.05, 4.69) is 10.6 Å². The molecule has 3 aromatic carbocycles. The van der Waals surface area contributed by atoms with Crippen molar-refractivity contribution in [2.24, 2.45) is 0 Å². The van der Waals surface area contributed by atoms with Crippen LogP contribution in [-0.4, -0.2) is 29.3 Å². The van der Waals surface area contributed by atoms with E-state index in [0.29, 0.717) is 5.56 Å². The van der Waals surface area contributed by atoms with E-state index in [1.165, 1.54) is 13.0 Å². The molecule has 1 fully saturated rings. The van der Waals surface area contributed by atoms with Crippen LogP contribution in [-0.2, 0) is 15.1 Å². The molecule has 0 bridgehead atoms. The van der Waals surface area contributed by atoms with Gasteiger partial charge in [-0.3, -0.25) is 14.5 Å². The second-order valence-corrected chi connectivity index (χ2v) is 7.96. The molecule has 8 heteroatoms. The SMILES string of the molecule is CC(NC(=O)CN1C(=O)NC(C)(c2ccc3ccccc3c2)C1=O)c1ccc(F)cc1F. The molecule has 1 heterocycles. The highest BCUT2D eigenvalue weighted by Crippen LogP contribution is 2.31. The summed E-state index contributed by atoms with van der Waals surface area (Å²) < 4.78 is 27.1. The number of fused-ring (bicyclic) bond motifs is 1. The maximum absolute atomic E-state index is 14.0. The average Bonchev–Trinajstić information content (AvgIpc) is 2.97. The Balaban J connectivity index is 1.50. The van der Waals surface area contributed by atoms with Crippen LogP contribution in [0.1, 0.15) is 31.0 Å². The van der Waals surface area contributed by atoms with Gasteiger partial charge in [0.05, 0.1) is 6.04 Å². The first-order valence-electron chi connectivity index (χ1n) is 10.1. The number of halogens is 2. The molecular formula is C24H21F2N3O3. The van der Waals surface area contributed by atoms with Crippen molar-refractivity contribution in [3.63, 3.8) is 0 Å². The number of urea groups is 1. The fraction of sp³-hybridized carbons (Fsp3) is 0.208. The van der Waals surface area contributed by atoms with Crippen LogP contribution < -0.4 is 10.6 Å². The van der Waals surface area contributed by atoms with E-state index >= 15 is 0 Å². The summed E-state index contributed by atoms with van der Waals surface area (Å²) in [5.74, 6) is -2.73. The first kappa shape index (κ1) is 21.4. The number of imide groups is 1. The lowest BCUT2D eigenvalue weighted by molar-refractivity contribution is -0.135. The highest BCUT2D eigenvalue weighted by Gasteiger charge is 2.49. The van der Waals surface area contributed by atoms with Gasteiger partial charge in [-0.05, 0) is 42.3 Å². The van der Waals surface area contributed by atoms with Crippen LogP contribution in [0.25, 0.3) is 10.8 Å². The zero-order valence-corrected chi connectivity index (χ0v) is 17.5. The van der Waals surface area contributed by atoms with Crippen LogP contribution in [0.15, 0.2) is 60.7 Å². The summed E-state index contributed by atoms with van der Waals surface area (Å²) in [6.07, 6.45) is 0. The van der Waals surface area contributed by atoms with Crippen LogP contribution in [0, 0.1) is 11.6 Å². The summed E-state index contributed by atoms with van der Waals surface area (Å²) >= 11 is 0. The number of carbonyl (C=O) groups is 3. The van der Waals surface area contributed by atoms with E-state index in [0.717, 1.165) is 27.8 Å². The molecule has 1 saturated heterocycles. The Bertz CT molecular complexity index is 1250. The van der Waals surface area contributed by atoms with E-state index in [9.17, 15) is 23.2 Å². The molecule has 4 amide bonds. The number of nitrogens with one attached hydrogen (secondary N) is 2. The molecule has 0 spiro atoms. The molecule has 0 aliphatic carbocycles.